The Morgan fingerprint density at radius 1 is 1.43 bits per heavy atom. The van der Waals surface area contributed by atoms with Gasteiger partial charge in [-0.15, -0.1) is 11.3 Å². The molecule has 3 unspecified atom stereocenters. The van der Waals surface area contributed by atoms with Crippen molar-refractivity contribution in [2.75, 3.05) is 6.54 Å². The van der Waals surface area contributed by atoms with E-state index in [4.69, 9.17) is 0 Å². The summed E-state index contributed by atoms with van der Waals surface area (Å²) < 4.78 is 0. The highest BCUT2D eigenvalue weighted by molar-refractivity contribution is 7.09. The molecule has 21 heavy (non-hydrogen) atoms. The number of carbonyl (C=O) groups is 2. The van der Waals surface area contributed by atoms with E-state index in [0.717, 1.165) is 12.8 Å². The molecule has 116 valence electrons. The van der Waals surface area contributed by atoms with Crippen molar-refractivity contribution in [1.82, 2.24) is 10.2 Å². The van der Waals surface area contributed by atoms with Crippen LogP contribution in [-0.4, -0.2) is 35.3 Å². The first-order chi connectivity index (χ1) is 10.0. The van der Waals surface area contributed by atoms with Crippen LogP contribution in [0.25, 0.3) is 0 Å². The van der Waals surface area contributed by atoms with Gasteiger partial charge < -0.3 is 10.2 Å². The van der Waals surface area contributed by atoms with Crippen molar-refractivity contribution >= 4 is 23.2 Å². The zero-order chi connectivity index (χ0) is 15.4. The fraction of sp³-hybridized carbons (Fsp3) is 0.625. The van der Waals surface area contributed by atoms with Gasteiger partial charge in [-0.25, -0.2) is 0 Å². The molecule has 1 aliphatic heterocycles. The second-order valence-electron chi connectivity index (χ2n) is 5.84. The largest absolute Gasteiger partial charge is 0.344 e. The van der Waals surface area contributed by atoms with E-state index < -0.39 is 0 Å². The van der Waals surface area contributed by atoms with Crippen LogP contribution >= 0.6 is 11.3 Å². The SMILES string of the molecule is CCC(C)C1NC(=O)CCN(C(C)Cc2cccs2)C1=O. The van der Waals surface area contributed by atoms with Gasteiger partial charge in [-0.1, -0.05) is 26.3 Å². The van der Waals surface area contributed by atoms with Crippen LogP contribution in [0.3, 0.4) is 0 Å². The third-order valence-corrected chi connectivity index (χ3v) is 5.17. The molecular formula is C16H24N2O2S. The van der Waals surface area contributed by atoms with E-state index in [2.05, 4.69) is 30.6 Å². The fourth-order valence-electron chi connectivity index (χ4n) is 2.71. The number of rotatable bonds is 5. The van der Waals surface area contributed by atoms with Crippen LogP contribution in [0.4, 0.5) is 0 Å². The minimum Gasteiger partial charge on any atom is -0.344 e. The second-order valence-corrected chi connectivity index (χ2v) is 6.88. The molecule has 1 aliphatic rings. The van der Waals surface area contributed by atoms with Crippen LogP contribution < -0.4 is 5.32 Å². The molecule has 0 spiro atoms. The van der Waals surface area contributed by atoms with Crippen molar-refractivity contribution in [2.45, 2.75) is 52.1 Å². The second kappa shape index (κ2) is 7.07. The lowest BCUT2D eigenvalue weighted by Gasteiger charge is -2.31. The Hall–Kier alpha value is -1.36. The van der Waals surface area contributed by atoms with Crippen molar-refractivity contribution in [3.8, 4) is 0 Å². The molecule has 2 heterocycles. The van der Waals surface area contributed by atoms with Crippen LogP contribution in [0.5, 0.6) is 0 Å². The quantitative estimate of drug-likeness (QED) is 0.908. The summed E-state index contributed by atoms with van der Waals surface area (Å²) >= 11 is 1.71. The van der Waals surface area contributed by atoms with E-state index >= 15 is 0 Å². The van der Waals surface area contributed by atoms with Gasteiger partial charge in [0.15, 0.2) is 0 Å². The highest BCUT2D eigenvalue weighted by Gasteiger charge is 2.34. The van der Waals surface area contributed by atoms with Crippen LogP contribution in [0.1, 0.15) is 38.5 Å². The molecule has 0 radical (unpaired) electrons. The van der Waals surface area contributed by atoms with Gasteiger partial charge in [0.1, 0.15) is 6.04 Å². The number of thiophene rings is 1. The molecule has 1 saturated heterocycles. The molecule has 1 N–H and O–H groups in total. The Morgan fingerprint density at radius 3 is 2.81 bits per heavy atom. The highest BCUT2D eigenvalue weighted by atomic mass is 32.1. The smallest absolute Gasteiger partial charge is 0.245 e. The number of hydrogen-bond donors (Lipinski definition) is 1. The molecular weight excluding hydrogens is 284 g/mol. The summed E-state index contributed by atoms with van der Waals surface area (Å²) in [6.45, 7) is 6.66. The molecule has 5 heteroatoms. The van der Waals surface area contributed by atoms with E-state index in [1.54, 1.807) is 11.3 Å². The molecule has 0 aromatic carbocycles. The Kier molecular flexibility index (Phi) is 5.39. The van der Waals surface area contributed by atoms with Gasteiger partial charge in [0.05, 0.1) is 0 Å². The minimum absolute atomic E-state index is 0.0144. The summed E-state index contributed by atoms with van der Waals surface area (Å²) in [5.41, 5.74) is 0. The minimum atomic E-state index is -0.379. The molecule has 4 nitrogen and oxygen atoms in total. The summed E-state index contributed by atoms with van der Waals surface area (Å²) in [5, 5.41) is 4.95. The predicted molar refractivity (Wildman–Crippen MR) is 85.2 cm³/mol. The summed E-state index contributed by atoms with van der Waals surface area (Å²) in [4.78, 5) is 27.8. The van der Waals surface area contributed by atoms with Gasteiger partial charge in [0.25, 0.3) is 0 Å². The molecule has 1 fully saturated rings. The van der Waals surface area contributed by atoms with E-state index in [-0.39, 0.29) is 29.8 Å². The third-order valence-electron chi connectivity index (χ3n) is 4.27. The predicted octanol–water partition coefficient (Wildman–Crippen LogP) is 2.44. The van der Waals surface area contributed by atoms with E-state index in [0.29, 0.717) is 13.0 Å². The molecule has 1 aromatic heterocycles. The first-order valence-electron chi connectivity index (χ1n) is 7.65. The van der Waals surface area contributed by atoms with Gasteiger partial charge in [-0.2, -0.15) is 0 Å². The third kappa shape index (κ3) is 3.84. The molecule has 0 bridgehead atoms. The standard InChI is InChI=1S/C16H24N2O2S/c1-4-11(2)15-16(20)18(8-7-14(19)17-15)12(3)10-13-6-5-9-21-13/h5-6,9,11-12,15H,4,7-8,10H2,1-3H3,(H,17,19). The zero-order valence-corrected chi connectivity index (χ0v) is 13.8. The summed E-state index contributed by atoms with van der Waals surface area (Å²) in [5.74, 6) is 0.217. The van der Waals surface area contributed by atoms with Crippen LogP contribution in [0.2, 0.25) is 0 Å². The van der Waals surface area contributed by atoms with Gasteiger partial charge in [-0.3, -0.25) is 9.59 Å². The van der Waals surface area contributed by atoms with E-state index in [9.17, 15) is 9.59 Å². The van der Waals surface area contributed by atoms with Gasteiger partial charge in [0, 0.05) is 30.3 Å². The Bertz CT molecular complexity index is 486. The van der Waals surface area contributed by atoms with Crippen LogP contribution in [0.15, 0.2) is 17.5 Å². The maximum absolute atomic E-state index is 12.8. The topological polar surface area (TPSA) is 49.4 Å². The number of carbonyl (C=O) groups excluding carboxylic acids is 2. The monoisotopic (exact) mass is 308 g/mol. The summed E-state index contributed by atoms with van der Waals surface area (Å²) in [6, 6.07) is 3.87. The lowest BCUT2D eigenvalue weighted by atomic mass is 9.97. The number of nitrogens with zero attached hydrogens (tertiary/aromatic N) is 1. The molecule has 2 rings (SSSR count). The normalized spacial score (nSPS) is 22.6. The maximum atomic E-state index is 12.8. The van der Waals surface area contributed by atoms with Crippen molar-refractivity contribution in [1.29, 1.82) is 0 Å². The lowest BCUT2D eigenvalue weighted by Crippen LogP contribution is -2.51. The molecule has 2 amide bonds. The first kappa shape index (κ1) is 16.0. The fourth-order valence-corrected chi connectivity index (χ4v) is 3.53. The van der Waals surface area contributed by atoms with Gasteiger partial charge in [-0.05, 0) is 24.3 Å². The molecule has 1 aromatic rings. The Labute approximate surface area is 130 Å². The van der Waals surface area contributed by atoms with Crippen LogP contribution in [-0.2, 0) is 16.0 Å². The zero-order valence-electron chi connectivity index (χ0n) is 13.0. The summed E-state index contributed by atoms with van der Waals surface area (Å²) in [7, 11) is 0. The number of amides is 2. The first-order valence-corrected chi connectivity index (χ1v) is 8.53. The Morgan fingerprint density at radius 2 is 2.19 bits per heavy atom. The van der Waals surface area contributed by atoms with E-state index in [1.165, 1.54) is 4.88 Å². The maximum Gasteiger partial charge on any atom is 0.245 e. The van der Waals surface area contributed by atoms with Gasteiger partial charge in [0.2, 0.25) is 11.8 Å². The number of hydrogen-bond acceptors (Lipinski definition) is 3. The average molecular weight is 308 g/mol. The van der Waals surface area contributed by atoms with Crippen molar-refractivity contribution in [3.05, 3.63) is 22.4 Å². The summed E-state index contributed by atoms with van der Waals surface area (Å²) in [6.07, 6.45) is 2.13. The van der Waals surface area contributed by atoms with Crippen molar-refractivity contribution in [2.24, 2.45) is 5.92 Å². The lowest BCUT2D eigenvalue weighted by molar-refractivity contribution is -0.136. The van der Waals surface area contributed by atoms with Crippen LogP contribution in [0, 0.1) is 5.92 Å². The van der Waals surface area contributed by atoms with E-state index in [1.807, 2.05) is 17.9 Å². The molecule has 0 aliphatic carbocycles. The number of nitrogens with one attached hydrogen (secondary N) is 1. The average Bonchev–Trinajstić information content (AvgIpc) is 2.91. The molecule has 3 atom stereocenters. The molecule has 0 saturated carbocycles. The van der Waals surface area contributed by atoms with Crippen molar-refractivity contribution < 1.29 is 9.59 Å². The van der Waals surface area contributed by atoms with Crippen molar-refractivity contribution in [3.63, 3.8) is 0 Å². The van der Waals surface area contributed by atoms with Gasteiger partial charge >= 0.3 is 0 Å². The highest BCUT2D eigenvalue weighted by Crippen LogP contribution is 2.19. The Balaban J connectivity index is 2.12.